The molecule has 1 heterocycles. The van der Waals surface area contributed by atoms with E-state index in [0.717, 1.165) is 44.7 Å². The van der Waals surface area contributed by atoms with Crippen LogP contribution in [0.1, 0.15) is 61.5 Å². The lowest BCUT2D eigenvalue weighted by atomic mass is 9.76. The van der Waals surface area contributed by atoms with E-state index in [0.29, 0.717) is 6.42 Å². The van der Waals surface area contributed by atoms with Crippen molar-refractivity contribution in [2.24, 2.45) is 5.41 Å². The number of aliphatic hydroxyl groups is 1. The molecule has 4 aromatic carbocycles. The summed E-state index contributed by atoms with van der Waals surface area (Å²) in [5, 5.41) is 11.9. The number of aromatic nitrogens is 2. The fourth-order valence-corrected chi connectivity index (χ4v) is 5.95. The SMILES string of the molecule is CC(C)(C)Cc1cn(C(c2ccccc2)(c2ccccc2)c2ccccc2)c(CC(C)(O)c2ccc(Br)cc2)n1. The lowest BCUT2D eigenvalue weighted by Crippen LogP contribution is -2.40. The molecule has 0 saturated carbocycles. The Morgan fingerprint density at radius 1 is 0.625 bits per heavy atom. The van der Waals surface area contributed by atoms with E-state index in [1.807, 2.05) is 31.2 Å². The quantitative estimate of drug-likeness (QED) is 0.183. The Kier molecular flexibility index (Phi) is 7.85. The summed E-state index contributed by atoms with van der Waals surface area (Å²) in [6, 6.07) is 39.8. The van der Waals surface area contributed by atoms with E-state index in [1.54, 1.807) is 0 Å². The minimum Gasteiger partial charge on any atom is -0.385 e. The third kappa shape index (κ3) is 5.70. The topological polar surface area (TPSA) is 38.0 Å². The van der Waals surface area contributed by atoms with Gasteiger partial charge in [0.05, 0.1) is 11.3 Å². The molecule has 1 atom stereocenters. The van der Waals surface area contributed by atoms with Crippen molar-refractivity contribution in [2.45, 2.75) is 51.7 Å². The Bertz CT molecular complexity index is 1440. The van der Waals surface area contributed by atoms with E-state index < -0.39 is 11.1 Å². The highest BCUT2D eigenvalue weighted by molar-refractivity contribution is 9.10. The number of nitrogens with zero attached hydrogens (tertiary/aromatic N) is 2. The maximum Gasteiger partial charge on any atom is 0.121 e. The summed E-state index contributed by atoms with van der Waals surface area (Å²) in [5.74, 6) is 0.837. The molecule has 5 aromatic rings. The molecule has 3 nitrogen and oxygen atoms in total. The molecule has 4 heteroatoms. The first-order valence-electron chi connectivity index (χ1n) is 13.8. The molecular formula is C36H37BrN2O. The van der Waals surface area contributed by atoms with Crippen LogP contribution in [0.5, 0.6) is 0 Å². The molecular weight excluding hydrogens is 556 g/mol. The van der Waals surface area contributed by atoms with Crippen LogP contribution in [0, 0.1) is 5.41 Å². The van der Waals surface area contributed by atoms with Crippen LogP contribution in [0.25, 0.3) is 0 Å². The first-order valence-corrected chi connectivity index (χ1v) is 14.6. The highest BCUT2D eigenvalue weighted by Crippen LogP contribution is 2.43. The molecule has 204 valence electrons. The van der Waals surface area contributed by atoms with Crippen molar-refractivity contribution in [3.05, 3.63) is 160 Å². The lowest BCUT2D eigenvalue weighted by Gasteiger charge is -2.39. The molecule has 1 unspecified atom stereocenters. The van der Waals surface area contributed by atoms with Gasteiger partial charge in [0.1, 0.15) is 11.4 Å². The molecule has 0 amide bonds. The fraction of sp³-hybridized carbons (Fsp3) is 0.250. The lowest BCUT2D eigenvalue weighted by molar-refractivity contribution is 0.0540. The summed E-state index contributed by atoms with van der Waals surface area (Å²) in [7, 11) is 0. The van der Waals surface area contributed by atoms with Crippen LogP contribution in [-0.2, 0) is 24.0 Å². The molecule has 1 aromatic heterocycles. The molecule has 0 radical (unpaired) electrons. The number of benzene rings is 4. The summed E-state index contributed by atoms with van der Waals surface area (Å²) in [6.45, 7) is 8.60. The van der Waals surface area contributed by atoms with Gasteiger partial charge in [0.25, 0.3) is 0 Å². The van der Waals surface area contributed by atoms with Crippen molar-refractivity contribution in [1.29, 1.82) is 0 Å². The molecule has 0 aliphatic rings. The number of hydrogen-bond donors (Lipinski definition) is 1. The molecule has 0 bridgehead atoms. The Morgan fingerprint density at radius 3 is 1.50 bits per heavy atom. The van der Waals surface area contributed by atoms with Gasteiger partial charge < -0.3 is 9.67 Å². The van der Waals surface area contributed by atoms with Gasteiger partial charge in [-0.25, -0.2) is 4.98 Å². The van der Waals surface area contributed by atoms with Crippen molar-refractivity contribution < 1.29 is 5.11 Å². The van der Waals surface area contributed by atoms with Crippen LogP contribution in [0.15, 0.2) is 126 Å². The smallest absolute Gasteiger partial charge is 0.121 e. The summed E-state index contributed by atoms with van der Waals surface area (Å²) in [6.07, 6.45) is 3.39. The van der Waals surface area contributed by atoms with Gasteiger partial charge in [-0.2, -0.15) is 0 Å². The molecule has 0 aliphatic carbocycles. The van der Waals surface area contributed by atoms with E-state index >= 15 is 0 Å². The van der Waals surface area contributed by atoms with E-state index in [4.69, 9.17) is 4.98 Å². The monoisotopic (exact) mass is 592 g/mol. The van der Waals surface area contributed by atoms with Gasteiger partial charge in [0.15, 0.2) is 0 Å². The zero-order valence-electron chi connectivity index (χ0n) is 23.7. The van der Waals surface area contributed by atoms with Gasteiger partial charge >= 0.3 is 0 Å². The molecule has 40 heavy (non-hydrogen) atoms. The molecule has 1 N–H and O–H groups in total. The number of rotatable bonds is 8. The highest BCUT2D eigenvalue weighted by Gasteiger charge is 2.41. The van der Waals surface area contributed by atoms with Gasteiger partial charge in [-0.3, -0.25) is 0 Å². The maximum atomic E-state index is 11.9. The summed E-state index contributed by atoms with van der Waals surface area (Å²) >= 11 is 3.53. The van der Waals surface area contributed by atoms with Gasteiger partial charge in [0.2, 0.25) is 0 Å². The van der Waals surface area contributed by atoms with Gasteiger partial charge in [-0.1, -0.05) is 140 Å². The van der Waals surface area contributed by atoms with Crippen LogP contribution in [-0.4, -0.2) is 14.7 Å². The summed E-state index contributed by atoms with van der Waals surface area (Å²) in [4.78, 5) is 5.26. The first kappa shape index (κ1) is 28.1. The van der Waals surface area contributed by atoms with Crippen LogP contribution in [0.4, 0.5) is 0 Å². The predicted octanol–water partition coefficient (Wildman–Crippen LogP) is 8.52. The number of hydrogen-bond acceptors (Lipinski definition) is 2. The second-order valence-electron chi connectivity index (χ2n) is 12.0. The minimum atomic E-state index is -1.13. The zero-order chi connectivity index (χ0) is 28.4. The summed E-state index contributed by atoms with van der Waals surface area (Å²) < 4.78 is 3.30. The average molecular weight is 594 g/mol. The van der Waals surface area contributed by atoms with Crippen LogP contribution < -0.4 is 0 Å². The third-order valence-corrected chi connectivity index (χ3v) is 7.97. The van der Waals surface area contributed by atoms with E-state index in [9.17, 15) is 5.11 Å². The summed E-state index contributed by atoms with van der Waals surface area (Å²) in [5.41, 5.74) is 3.51. The molecule has 0 saturated heterocycles. The van der Waals surface area contributed by atoms with Crippen LogP contribution in [0.2, 0.25) is 0 Å². The maximum absolute atomic E-state index is 11.9. The molecule has 0 fully saturated rings. The Balaban J connectivity index is 1.81. The standard InChI is InChI=1S/C36H37BrN2O/c1-34(2,3)24-32-26-39(33(38-32)25-35(4,40)27-20-22-31(37)23-21-27)36(28-14-8-5-9-15-28,29-16-10-6-11-17-29)30-18-12-7-13-19-30/h5-23,26,40H,24-25H2,1-4H3. The van der Waals surface area contributed by atoms with E-state index in [-0.39, 0.29) is 5.41 Å². The van der Waals surface area contributed by atoms with Crippen LogP contribution >= 0.6 is 15.9 Å². The van der Waals surface area contributed by atoms with Crippen LogP contribution in [0.3, 0.4) is 0 Å². The molecule has 0 aliphatic heterocycles. The number of halogens is 1. The van der Waals surface area contributed by atoms with Crippen molar-refractivity contribution in [1.82, 2.24) is 9.55 Å². The second-order valence-corrected chi connectivity index (χ2v) is 12.9. The van der Waals surface area contributed by atoms with Gasteiger partial charge in [-0.05, 0) is 53.1 Å². The average Bonchev–Trinajstić information content (AvgIpc) is 3.31. The Labute approximate surface area is 246 Å². The van der Waals surface area contributed by atoms with Crippen molar-refractivity contribution in [3.63, 3.8) is 0 Å². The van der Waals surface area contributed by atoms with Gasteiger partial charge in [0, 0.05) is 17.1 Å². The fourth-order valence-electron chi connectivity index (χ4n) is 5.69. The minimum absolute atomic E-state index is 0.0551. The number of imidazole rings is 1. The predicted molar refractivity (Wildman–Crippen MR) is 167 cm³/mol. The van der Waals surface area contributed by atoms with Crippen molar-refractivity contribution >= 4 is 15.9 Å². The van der Waals surface area contributed by atoms with Gasteiger partial charge in [-0.15, -0.1) is 0 Å². The Morgan fingerprint density at radius 2 is 1.07 bits per heavy atom. The van der Waals surface area contributed by atoms with Crippen molar-refractivity contribution in [2.75, 3.05) is 0 Å². The van der Waals surface area contributed by atoms with E-state index in [1.165, 1.54) is 0 Å². The Hall–Kier alpha value is -3.47. The third-order valence-electron chi connectivity index (χ3n) is 7.44. The first-order chi connectivity index (χ1) is 19.1. The normalized spacial score (nSPS) is 13.7. The zero-order valence-corrected chi connectivity index (χ0v) is 25.3. The highest BCUT2D eigenvalue weighted by atomic mass is 79.9. The molecule has 5 rings (SSSR count). The largest absolute Gasteiger partial charge is 0.385 e. The second kappa shape index (κ2) is 11.2. The molecule has 0 spiro atoms. The van der Waals surface area contributed by atoms with Crippen molar-refractivity contribution in [3.8, 4) is 0 Å². The van der Waals surface area contributed by atoms with E-state index in [2.05, 4.69) is 138 Å².